The molecule has 0 aliphatic rings. The van der Waals surface area contributed by atoms with Crippen molar-refractivity contribution in [1.82, 2.24) is 5.32 Å². The molecular weight excluding hydrogens is 252 g/mol. The van der Waals surface area contributed by atoms with Crippen LogP contribution >= 0.6 is 0 Å². The van der Waals surface area contributed by atoms with E-state index in [1.165, 1.54) is 0 Å². The third-order valence-electron chi connectivity index (χ3n) is 2.26. The Kier molecular flexibility index (Phi) is 10.2. The van der Waals surface area contributed by atoms with Crippen LogP contribution in [0.2, 0.25) is 6.04 Å². The standard InChI is InChI=1S/C11H26N2O4Si/c1-4-15-18(16-5-2,17-6-3)9-7-8-13-11(14)10-12/h4-10,12H2,1-3H3,(H,13,14). The summed E-state index contributed by atoms with van der Waals surface area (Å²) in [6.45, 7) is 8.08. The molecule has 0 saturated heterocycles. The maximum atomic E-state index is 11.0. The predicted molar refractivity (Wildman–Crippen MR) is 72.1 cm³/mol. The third-order valence-corrected chi connectivity index (χ3v) is 5.41. The lowest BCUT2D eigenvalue weighted by molar-refractivity contribution is -0.119. The van der Waals surface area contributed by atoms with Gasteiger partial charge >= 0.3 is 8.80 Å². The van der Waals surface area contributed by atoms with Crippen molar-refractivity contribution in [3.8, 4) is 0 Å². The summed E-state index contributed by atoms with van der Waals surface area (Å²) in [5.41, 5.74) is 5.21. The largest absolute Gasteiger partial charge is 0.500 e. The van der Waals surface area contributed by atoms with Crippen molar-refractivity contribution < 1.29 is 18.1 Å². The Balaban J connectivity index is 4.16. The van der Waals surface area contributed by atoms with Crippen molar-refractivity contribution in [2.45, 2.75) is 33.2 Å². The second kappa shape index (κ2) is 10.4. The average molecular weight is 278 g/mol. The summed E-state index contributed by atoms with van der Waals surface area (Å²) in [4.78, 5) is 11.0. The summed E-state index contributed by atoms with van der Waals surface area (Å²) < 4.78 is 17.1. The molecule has 0 bridgehead atoms. The van der Waals surface area contributed by atoms with Crippen LogP contribution in [0.1, 0.15) is 27.2 Å². The van der Waals surface area contributed by atoms with Crippen LogP contribution in [0.15, 0.2) is 0 Å². The number of hydrogen-bond acceptors (Lipinski definition) is 5. The molecule has 0 aromatic rings. The Hall–Kier alpha value is -0.473. The molecule has 18 heavy (non-hydrogen) atoms. The van der Waals surface area contributed by atoms with Gasteiger partial charge in [-0.3, -0.25) is 4.79 Å². The van der Waals surface area contributed by atoms with Crippen molar-refractivity contribution in [3.63, 3.8) is 0 Å². The van der Waals surface area contributed by atoms with Gasteiger partial charge in [0, 0.05) is 32.4 Å². The fraction of sp³-hybridized carbons (Fsp3) is 0.909. The summed E-state index contributed by atoms with van der Waals surface area (Å²) in [5, 5.41) is 2.72. The van der Waals surface area contributed by atoms with Gasteiger partial charge in [0.25, 0.3) is 0 Å². The molecule has 0 radical (unpaired) electrons. The quantitative estimate of drug-likeness (QED) is 0.425. The first-order valence-electron chi connectivity index (χ1n) is 6.52. The zero-order chi connectivity index (χ0) is 13.9. The molecule has 6 nitrogen and oxygen atoms in total. The van der Waals surface area contributed by atoms with Gasteiger partial charge in [-0.05, 0) is 27.2 Å². The number of nitrogens with one attached hydrogen (secondary N) is 1. The number of carbonyl (C=O) groups excluding carboxylic acids is 1. The smallest absolute Gasteiger partial charge is 0.374 e. The molecule has 1 amide bonds. The molecule has 0 heterocycles. The van der Waals surface area contributed by atoms with Crippen LogP contribution in [0.4, 0.5) is 0 Å². The van der Waals surface area contributed by atoms with E-state index in [4.69, 9.17) is 19.0 Å². The fourth-order valence-corrected chi connectivity index (χ4v) is 4.22. The SMILES string of the molecule is CCO[Si](CCCNC(=O)CN)(OCC)OCC. The van der Waals surface area contributed by atoms with E-state index in [2.05, 4.69) is 5.32 Å². The van der Waals surface area contributed by atoms with E-state index in [1.54, 1.807) is 0 Å². The van der Waals surface area contributed by atoms with Crippen molar-refractivity contribution in [2.75, 3.05) is 32.9 Å². The summed E-state index contributed by atoms with van der Waals surface area (Å²) in [6.07, 6.45) is 0.762. The van der Waals surface area contributed by atoms with E-state index in [0.29, 0.717) is 32.4 Å². The maximum absolute atomic E-state index is 11.0. The molecule has 108 valence electrons. The first-order chi connectivity index (χ1) is 8.64. The first kappa shape index (κ1) is 17.5. The Bertz CT molecular complexity index is 212. The second-order valence-corrected chi connectivity index (χ2v) is 6.37. The fourth-order valence-electron chi connectivity index (χ4n) is 1.61. The molecule has 0 rings (SSSR count). The molecule has 3 N–H and O–H groups in total. The normalized spacial score (nSPS) is 11.6. The molecule has 7 heteroatoms. The van der Waals surface area contributed by atoms with Gasteiger partial charge in [-0.1, -0.05) is 0 Å². The van der Waals surface area contributed by atoms with E-state index in [-0.39, 0.29) is 12.5 Å². The van der Waals surface area contributed by atoms with Crippen LogP contribution in [0.3, 0.4) is 0 Å². The van der Waals surface area contributed by atoms with Gasteiger partial charge in [0.05, 0.1) is 6.54 Å². The van der Waals surface area contributed by atoms with Gasteiger partial charge in [-0.15, -0.1) is 0 Å². The highest BCUT2D eigenvalue weighted by molar-refractivity contribution is 6.60. The highest BCUT2D eigenvalue weighted by Crippen LogP contribution is 2.17. The molecule has 0 saturated carbocycles. The van der Waals surface area contributed by atoms with Gasteiger partial charge in [-0.2, -0.15) is 0 Å². The maximum Gasteiger partial charge on any atom is 0.500 e. The zero-order valence-corrected chi connectivity index (χ0v) is 12.7. The van der Waals surface area contributed by atoms with E-state index >= 15 is 0 Å². The second-order valence-electron chi connectivity index (χ2n) is 3.64. The molecule has 0 unspecified atom stereocenters. The minimum atomic E-state index is -2.56. The summed E-state index contributed by atoms with van der Waals surface area (Å²) in [6, 6.07) is 0.702. The summed E-state index contributed by atoms with van der Waals surface area (Å²) in [7, 11) is -2.56. The van der Waals surface area contributed by atoms with Crippen LogP contribution in [0.5, 0.6) is 0 Å². The summed E-state index contributed by atoms with van der Waals surface area (Å²) in [5.74, 6) is -0.147. The Morgan fingerprint density at radius 1 is 1.11 bits per heavy atom. The lowest BCUT2D eigenvalue weighted by atomic mass is 10.4. The predicted octanol–water partition coefficient (Wildman–Crippen LogP) is 0.500. The zero-order valence-electron chi connectivity index (χ0n) is 11.7. The highest BCUT2D eigenvalue weighted by atomic mass is 28.4. The Morgan fingerprint density at radius 3 is 2.00 bits per heavy atom. The van der Waals surface area contributed by atoms with Crippen molar-refractivity contribution in [1.29, 1.82) is 0 Å². The topological polar surface area (TPSA) is 82.8 Å². The van der Waals surface area contributed by atoms with Gasteiger partial charge in [0.1, 0.15) is 0 Å². The molecule has 0 aliphatic carbocycles. The minimum Gasteiger partial charge on any atom is -0.374 e. The van der Waals surface area contributed by atoms with Crippen LogP contribution in [-0.4, -0.2) is 47.6 Å². The molecule has 0 aromatic carbocycles. The van der Waals surface area contributed by atoms with E-state index in [9.17, 15) is 4.79 Å². The van der Waals surface area contributed by atoms with Gasteiger partial charge in [0.15, 0.2) is 0 Å². The molecule has 0 fully saturated rings. The number of carbonyl (C=O) groups is 1. The molecule has 0 atom stereocenters. The van der Waals surface area contributed by atoms with Crippen molar-refractivity contribution in [2.24, 2.45) is 5.73 Å². The van der Waals surface area contributed by atoms with Crippen LogP contribution < -0.4 is 11.1 Å². The third kappa shape index (κ3) is 7.07. The molecule has 0 aliphatic heterocycles. The lowest BCUT2D eigenvalue weighted by Gasteiger charge is -2.28. The van der Waals surface area contributed by atoms with Crippen LogP contribution in [0.25, 0.3) is 0 Å². The molecular formula is C11H26N2O4Si. The number of rotatable bonds is 11. The Morgan fingerprint density at radius 2 is 1.61 bits per heavy atom. The van der Waals surface area contributed by atoms with E-state index in [1.807, 2.05) is 20.8 Å². The first-order valence-corrected chi connectivity index (χ1v) is 8.45. The van der Waals surface area contributed by atoms with Gasteiger partial charge in [0.2, 0.25) is 5.91 Å². The summed E-state index contributed by atoms with van der Waals surface area (Å²) >= 11 is 0. The Labute approximate surface area is 111 Å². The molecule has 0 aromatic heterocycles. The van der Waals surface area contributed by atoms with Crippen molar-refractivity contribution in [3.05, 3.63) is 0 Å². The monoisotopic (exact) mass is 278 g/mol. The number of hydrogen-bond donors (Lipinski definition) is 2. The van der Waals surface area contributed by atoms with Crippen LogP contribution in [-0.2, 0) is 18.1 Å². The van der Waals surface area contributed by atoms with Crippen LogP contribution in [0, 0.1) is 0 Å². The molecule has 0 spiro atoms. The van der Waals surface area contributed by atoms with E-state index < -0.39 is 8.80 Å². The minimum absolute atomic E-state index is 0.0188. The highest BCUT2D eigenvalue weighted by Gasteiger charge is 2.39. The average Bonchev–Trinajstić information content (AvgIpc) is 2.35. The lowest BCUT2D eigenvalue weighted by Crippen LogP contribution is -2.46. The van der Waals surface area contributed by atoms with Gasteiger partial charge in [-0.25, -0.2) is 0 Å². The van der Waals surface area contributed by atoms with Gasteiger partial charge < -0.3 is 24.3 Å². The number of nitrogens with two attached hydrogens (primary N) is 1. The van der Waals surface area contributed by atoms with Crippen molar-refractivity contribution >= 4 is 14.7 Å². The number of amides is 1. The van der Waals surface area contributed by atoms with E-state index in [0.717, 1.165) is 6.42 Å².